The normalized spacial score (nSPS) is 43.3. The maximum Gasteiger partial charge on any atom is 0.306 e. The van der Waals surface area contributed by atoms with Crippen molar-refractivity contribution in [3.8, 4) is 0 Å². The number of esters is 1. The lowest BCUT2D eigenvalue weighted by Crippen LogP contribution is -2.64. The lowest BCUT2D eigenvalue weighted by atomic mass is 9.44. The van der Waals surface area contributed by atoms with E-state index in [4.69, 9.17) is 4.74 Å². The lowest BCUT2D eigenvalue weighted by Gasteiger charge is -2.66. The molecule has 0 saturated heterocycles. The van der Waals surface area contributed by atoms with Crippen LogP contribution in [0, 0.1) is 46.3 Å². The average molecular weight is 659 g/mol. The molecule has 0 aromatic rings. The first-order valence-electron chi connectivity index (χ1n) is 16.5. The number of halogens is 2. The van der Waals surface area contributed by atoms with Crippen molar-refractivity contribution in [2.75, 3.05) is 0 Å². The maximum atomic E-state index is 12.6. The SMILES string of the molecule is CCCCCCC(=O)O[C@H]1CC[C@]2(C)[C@@H]3CC[C@]4(C)[C@H](CC[C@H]4[C@@H](C)CCCC(C)C)[C@H]3C[C@H](Br)[C@@]2(Br)C1. The van der Waals surface area contributed by atoms with Crippen molar-refractivity contribution in [2.45, 2.75) is 160 Å². The minimum Gasteiger partial charge on any atom is -0.462 e. The van der Waals surface area contributed by atoms with Crippen LogP contribution in [0.2, 0.25) is 0 Å². The number of ether oxygens (including phenoxy) is 1. The first kappa shape index (κ1) is 31.4. The van der Waals surface area contributed by atoms with Gasteiger partial charge in [0.15, 0.2) is 0 Å². The van der Waals surface area contributed by atoms with Gasteiger partial charge in [-0.1, -0.05) is 112 Å². The fourth-order valence-corrected chi connectivity index (χ4v) is 12.4. The van der Waals surface area contributed by atoms with Crippen LogP contribution < -0.4 is 0 Å². The Morgan fingerprint density at radius 2 is 1.71 bits per heavy atom. The summed E-state index contributed by atoms with van der Waals surface area (Å²) < 4.78 is 6.11. The van der Waals surface area contributed by atoms with Crippen molar-refractivity contribution >= 4 is 37.8 Å². The van der Waals surface area contributed by atoms with E-state index in [-0.39, 0.29) is 21.8 Å². The van der Waals surface area contributed by atoms with Gasteiger partial charge < -0.3 is 4.74 Å². The van der Waals surface area contributed by atoms with Crippen molar-refractivity contribution < 1.29 is 9.53 Å². The number of carbonyl (C=O) groups is 1. The lowest BCUT2D eigenvalue weighted by molar-refractivity contribution is -0.158. The van der Waals surface area contributed by atoms with Gasteiger partial charge in [0.25, 0.3) is 0 Å². The highest BCUT2D eigenvalue weighted by Crippen LogP contribution is 2.71. The van der Waals surface area contributed by atoms with Crippen LogP contribution in [0.1, 0.15) is 144 Å². The van der Waals surface area contributed by atoms with E-state index in [0.717, 1.165) is 61.2 Å². The predicted octanol–water partition coefficient (Wildman–Crippen LogP) is 10.9. The van der Waals surface area contributed by atoms with Gasteiger partial charge in [-0.25, -0.2) is 0 Å². The summed E-state index contributed by atoms with van der Waals surface area (Å²) in [6.07, 6.45) is 19.5. The molecule has 0 radical (unpaired) electrons. The molecule has 0 bridgehead atoms. The number of fused-ring (bicyclic) bond motifs is 5. The van der Waals surface area contributed by atoms with E-state index in [2.05, 4.69) is 73.4 Å². The molecule has 0 amide bonds. The molecule has 4 aliphatic carbocycles. The van der Waals surface area contributed by atoms with Crippen LogP contribution in [-0.2, 0) is 9.53 Å². The monoisotopic (exact) mass is 656 g/mol. The van der Waals surface area contributed by atoms with Gasteiger partial charge in [0.05, 0.1) is 0 Å². The molecule has 0 aromatic heterocycles. The van der Waals surface area contributed by atoms with Gasteiger partial charge in [-0.15, -0.1) is 0 Å². The zero-order valence-electron chi connectivity index (χ0n) is 25.5. The fraction of sp³-hybridized carbons (Fsp3) is 0.971. The topological polar surface area (TPSA) is 26.3 Å². The second-order valence-electron chi connectivity index (χ2n) is 15.1. The molecule has 4 aliphatic rings. The summed E-state index contributed by atoms with van der Waals surface area (Å²) in [5.74, 6) is 5.13. The zero-order valence-corrected chi connectivity index (χ0v) is 28.7. The maximum absolute atomic E-state index is 12.6. The summed E-state index contributed by atoms with van der Waals surface area (Å²) in [6, 6.07) is 0. The number of rotatable bonds is 11. The molecule has 0 aromatic carbocycles. The van der Waals surface area contributed by atoms with Crippen molar-refractivity contribution in [1.29, 1.82) is 0 Å². The van der Waals surface area contributed by atoms with Crippen LogP contribution in [0.4, 0.5) is 0 Å². The van der Waals surface area contributed by atoms with Gasteiger partial charge in [-0.2, -0.15) is 0 Å². The second kappa shape index (κ2) is 12.7. The molecule has 4 heteroatoms. The van der Waals surface area contributed by atoms with Crippen molar-refractivity contribution in [3.05, 3.63) is 0 Å². The Morgan fingerprint density at radius 1 is 0.947 bits per heavy atom. The van der Waals surface area contributed by atoms with Gasteiger partial charge in [-0.3, -0.25) is 4.79 Å². The molecule has 0 heterocycles. The molecule has 2 nitrogen and oxygen atoms in total. The van der Waals surface area contributed by atoms with Crippen molar-refractivity contribution in [1.82, 2.24) is 0 Å². The number of carbonyl (C=O) groups excluding carboxylic acids is 1. The van der Waals surface area contributed by atoms with Gasteiger partial charge in [0.1, 0.15) is 6.10 Å². The quantitative estimate of drug-likeness (QED) is 0.125. The summed E-state index contributed by atoms with van der Waals surface area (Å²) in [6.45, 7) is 14.8. The van der Waals surface area contributed by atoms with Crippen molar-refractivity contribution in [3.63, 3.8) is 0 Å². The fourth-order valence-electron chi connectivity index (χ4n) is 10.2. The van der Waals surface area contributed by atoms with E-state index in [1.807, 2.05) is 0 Å². The first-order valence-corrected chi connectivity index (χ1v) is 18.2. The Bertz CT molecular complexity index is 799. The Balaban J connectivity index is 1.42. The molecular formula is C34H58Br2O2. The van der Waals surface area contributed by atoms with E-state index in [1.165, 1.54) is 70.6 Å². The van der Waals surface area contributed by atoms with Crippen molar-refractivity contribution in [2.24, 2.45) is 46.3 Å². The third-order valence-corrected chi connectivity index (χ3v) is 16.0. The molecule has 0 N–H and O–H groups in total. The van der Waals surface area contributed by atoms with E-state index >= 15 is 0 Å². The minimum absolute atomic E-state index is 0.0163. The van der Waals surface area contributed by atoms with Crippen LogP contribution in [0.5, 0.6) is 0 Å². The zero-order chi connectivity index (χ0) is 27.7. The predicted molar refractivity (Wildman–Crippen MR) is 168 cm³/mol. The summed E-state index contributed by atoms with van der Waals surface area (Å²) >= 11 is 8.64. The molecule has 38 heavy (non-hydrogen) atoms. The smallest absolute Gasteiger partial charge is 0.306 e. The second-order valence-corrected chi connectivity index (χ2v) is 17.6. The standard InChI is InChI=1S/C34H58Br2O2/c1-7-8-9-10-14-31(37)38-25-17-20-33(6)29-18-19-32(5)27(24(4)13-11-12-23(2)3)15-16-28(32)26(29)21-30(35)34(33,36)22-25/h23-30H,7-22H2,1-6H3/t24-,25-,26+,27-,28+,29+,30-,32-,33+,34-/m0/s1. The Hall–Kier alpha value is 0.430. The van der Waals surface area contributed by atoms with Gasteiger partial charge in [0, 0.05) is 22.0 Å². The summed E-state index contributed by atoms with van der Waals surface area (Å²) in [4.78, 5) is 13.1. The molecule has 4 saturated carbocycles. The highest BCUT2D eigenvalue weighted by molar-refractivity contribution is 9.12. The molecule has 4 fully saturated rings. The Labute approximate surface area is 252 Å². The largest absolute Gasteiger partial charge is 0.462 e. The minimum atomic E-state index is 0.0163. The molecule has 0 spiro atoms. The molecule has 0 aliphatic heterocycles. The number of alkyl halides is 2. The Kier molecular flexibility index (Phi) is 10.5. The molecule has 220 valence electrons. The summed E-state index contributed by atoms with van der Waals surface area (Å²) in [5.41, 5.74) is 0.786. The summed E-state index contributed by atoms with van der Waals surface area (Å²) in [7, 11) is 0. The highest BCUT2D eigenvalue weighted by atomic mass is 79.9. The third kappa shape index (κ3) is 5.98. The molecule has 4 rings (SSSR count). The highest BCUT2D eigenvalue weighted by Gasteiger charge is 2.67. The Morgan fingerprint density at radius 3 is 2.42 bits per heavy atom. The molecular weight excluding hydrogens is 600 g/mol. The van der Waals surface area contributed by atoms with E-state index in [9.17, 15) is 4.79 Å². The van der Waals surface area contributed by atoms with Crippen LogP contribution in [0.15, 0.2) is 0 Å². The van der Waals surface area contributed by atoms with Gasteiger partial charge in [0.2, 0.25) is 0 Å². The average Bonchev–Trinajstić information content (AvgIpc) is 3.21. The third-order valence-electron chi connectivity index (χ3n) is 12.4. The molecule has 0 unspecified atom stereocenters. The van der Waals surface area contributed by atoms with Crippen LogP contribution in [0.25, 0.3) is 0 Å². The van der Waals surface area contributed by atoms with Gasteiger partial charge in [-0.05, 0) is 97.7 Å². The number of hydrogen-bond acceptors (Lipinski definition) is 2. The first-order chi connectivity index (χ1) is 18.0. The molecule has 10 atom stereocenters. The van der Waals surface area contributed by atoms with E-state index in [0.29, 0.717) is 16.7 Å². The number of unbranched alkanes of at least 4 members (excludes halogenated alkanes) is 3. The van der Waals surface area contributed by atoms with Crippen LogP contribution in [-0.4, -0.2) is 21.2 Å². The van der Waals surface area contributed by atoms with Crippen LogP contribution >= 0.6 is 31.9 Å². The van der Waals surface area contributed by atoms with Gasteiger partial charge >= 0.3 is 5.97 Å². The number of hydrogen-bond donors (Lipinski definition) is 0. The van der Waals surface area contributed by atoms with E-state index < -0.39 is 0 Å². The summed E-state index contributed by atoms with van der Waals surface area (Å²) in [5, 5.41) is 0. The van der Waals surface area contributed by atoms with Crippen LogP contribution in [0.3, 0.4) is 0 Å². The van der Waals surface area contributed by atoms with E-state index in [1.54, 1.807) is 0 Å².